The molecule has 2 rings (SSSR count). The molecule has 5 heteroatoms. The van der Waals surface area contributed by atoms with Crippen molar-refractivity contribution in [3.63, 3.8) is 0 Å². The molecule has 0 spiro atoms. The molecule has 0 aliphatic rings. The van der Waals surface area contributed by atoms with Crippen LogP contribution in [0.3, 0.4) is 0 Å². The second kappa shape index (κ2) is 6.82. The zero-order chi connectivity index (χ0) is 14.5. The van der Waals surface area contributed by atoms with E-state index in [1.54, 1.807) is 13.2 Å². The minimum absolute atomic E-state index is 0.528. The van der Waals surface area contributed by atoms with Gasteiger partial charge < -0.3 is 10.1 Å². The lowest BCUT2D eigenvalue weighted by Crippen LogP contribution is -2.01. The maximum absolute atomic E-state index is 9.06. The van der Waals surface area contributed by atoms with Gasteiger partial charge in [0.25, 0.3) is 0 Å². The minimum Gasteiger partial charge on any atom is -0.495 e. The number of methoxy groups -OCH3 is 1. The van der Waals surface area contributed by atoms with Gasteiger partial charge in [0.05, 0.1) is 23.4 Å². The second-order valence-electron chi connectivity index (χ2n) is 4.12. The molecule has 0 aromatic heterocycles. The quantitative estimate of drug-likeness (QED) is 0.775. The second-order valence-corrected chi connectivity index (χ2v) is 5.78. The molecular weight excluding hydrogens is 387 g/mol. The molecule has 0 aliphatic carbocycles. The van der Waals surface area contributed by atoms with Crippen molar-refractivity contribution in [2.45, 2.75) is 6.54 Å². The van der Waals surface area contributed by atoms with E-state index in [2.05, 4.69) is 34.0 Å². The molecule has 0 saturated heterocycles. The largest absolute Gasteiger partial charge is 0.495 e. The van der Waals surface area contributed by atoms with Crippen LogP contribution >= 0.6 is 34.2 Å². The van der Waals surface area contributed by atoms with E-state index in [4.69, 9.17) is 21.6 Å². The predicted molar refractivity (Wildman–Crippen MR) is 89.2 cm³/mol. The lowest BCUT2D eigenvalue weighted by atomic mass is 10.1. The average Bonchev–Trinajstić information content (AvgIpc) is 2.46. The van der Waals surface area contributed by atoms with Gasteiger partial charge in [-0.05, 0) is 58.5 Å². The number of benzene rings is 2. The molecule has 0 unspecified atom stereocenters. The Bertz CT molecular complexity index is 667. The summed E-state index contributed by atoms with van der Waals surface area (Å²) in [4.78, 5) is 0. The van der Waals surface area contributed by atoms with E-state index in [0.717, 1.165) is 14.8 Å². The van der Waals surface area contributed by atoms with Gasteiger partial charge in [0.1, 0.15) is 11.8 Å². The molecule has 0 bridgehead atoms. The molecule has 20 heavy (non-hydrogen) atoms. The van der Waals surface area contributed by atoms with Gasteiger partial charge in [0.2, 0.25) is 0 Å². The third-order valence-electron chi connectivity index (χ3n) is 2.80. The number of anilines is 1. The Labute approximate surface area is 136 Å². The number of nitrogens with zero attached hydrogens (tertiary/aromatic N) is 1. The van der Waals surface area contributed by atoms with Crippen LogP contribution in [-0.2, 0) is 6.54 Å². The zero-order valence-electron chi connectivity index (χ0n) is 10.8. The fraction of sp³-hybridized carbons (Fsp3) is 0.133. The molecule has 2 aromatic rings. The average molecular weight is 399 g/mol. The SMILES string of the molecule is COc1ccc(CNc2ccc(I)cc2Cl)cc1C#N. The Hall–Kier alpha value is -1.45. The minimum atomic E-state index is 0.528. The first-order valence-electron chi connectivity index (χ1n) is 5.90. The van der Waals surface area contributed by atoms with Crippen molar-refractivity contribution in [3.05, 3.63) is 56.1 Å². The van der Waals surface area contributed by atoms with Crippen molar-refractivity contribution in [1.82, 2.24) is 0 Å². The monoisotopic (exact) mass is 398 g/mol. The van der Waals surface area contributed by atoms with Crippen molar-refractivity contribution >= 4 is 39.9 Å². The standard InChI is InChI=1S/C15H12ClIN2O/c1-20-15-5-2-10(6-11(15)8-18)9-19-14-4-3-12(17)7-13(14)16/h2-7,19H,9H2,1H3. The molecule has 1 N–H and O–H groups in total. The van der Waals surface area contributed by atoms with Crippen LogP contribution in [0.15, 0.2) is 36.4 Å². The van der Waals surface area contributed by atoms with E-state index in [0.29, 0.717) is 22.9 Å². The lowest BCUT2D eigenvalue weighted by molar-refractivity contribution is 0.413. The van der Waals surface area contributed by atoms with Crippen LogP contribution in [0.2, 0.25) is 5.02 Å². The van der Waals surface area contributed by atoms with E-state index in [1.165, 1.54) is 0 Å². The van der Waals surface area contributed by atoms with Crippen molar-refractivity contribution in [1.29, 1.82) is 5.26 Å². The number of ether oxygens (including phenoxy) is 1. The van der Waals surface area contributed by atoms with Gasteiger partial charge in [-0.25, -0.2) is 0 Å². The summed E-state index contributed by atoms with van der Waals surface area (Å²) in [5.41, 5.74) is 2.40. The van der Waals surface area contributed by atoms with Gasteiger partial charge in [0, 0.05) is 10.1 Å². The summed E-state index contributed by atoms with van der Waals surface area (Å²) in [6.07, 6.45) is 0. The molecule has 0 aliphatic heterocycles. The third kappa shape index (κ3) is 3.56. The Morgan fingerprint density at radius 1 is 1.30 bits per heavy atom. The fourth-order valence-electron chi connectivity index (χ4n) is 1.78. The van der Waals surface area contributed by atoms with E-state index in [1.807, 2.05) is 30.3 Å². The van der Waals surface area contributed by atoms with Gasteiger partial charge in [-0.15, -0.1) is 0 Å². The van der Waals surface area contributed by atoms with E-state index in [9.17, 15) is 0 Å². The highest BCUT2D eigenvalue weighted by Crippen LogP contribution is 2.25. The highest BCUT2D eigenvalue weighted by Gasteiger charge is 2.05. The highest BCUT2D eigenvalue weighted by molar-refractivity contribution is 14.1. The van der Waals surface area contributed by atoms with E-state index < -0.39 is 0 Å². The number of nitriles is 1. The first-order chi connectivity index (χ1) is 9.63. The molecule has 102 valence electrons. The van der Waals surface area contributed by atoms with Crippen molar-refractivity contribution < 1.29 is 4.74 Å². The van der Waals surface area contributed by atoms with Crippen LogP contribution in [-0.4, -0.2) is 7.11 Å². The first kappa shape index (κ1) is 14.9. The van der Waals surface area contributed by atoms with Crippen LogP contribution in [0.25, 0.3) is 0 Å². The van der Waals surface area contributed by atoms with Gasteiger partial charge in [-0.1, -0.05) is 17.7 Å². The zero-order valence-corrected chi connectivity index (χ0v) is 13.7. The predicted octanol–water partition coefficient (Wildman–Crippen LogP) is 4.44. The van der Waals surface area contributed by atoms with Gasteiger partial charge in [0.15, 0.2) is 0 Å². The molecule has 0 heterocycles. The van der Waals surface area contributed by atoms with Crippen molar-refractivity contribution in [2.75, 3.05) is 12.4 Å². The molecule has 2 aromatic carbocycles. The fourth-order valence-corrected chi connectivity index (χ4v) is 2.71. The molecule has 0 atom stereocenters. The summed E-state index contributed by atoms with van der Waals surface area (Å²) in [6, 6.07) is 13.5. The van der Waals surface area contributed by atoms with Crippen LogP contribution in [0.4, 0.5) is 5.69 Å². The summed E-state index contributed by atoms with van der Waals surface area (Å²) in [5.74, 6) is 0.587. The topological polar surface area (TPSA) is 45.0 Å². The number of hydrogen-bond donors (Lipinski definition) is 1. The Morgan fingerprint density at radius 2 is 2.10 bits per heavy atom. The van der Waals surface area contributed by atoms with Gasteiger partial charge in [-0.2, -0.15) is 5.26 Å². The van der Waals surface area contributed by atoms with Crippen LogP contribution in [0.1, 0.15) is 11.1 Å². The summed E-state index contributed by atoms with van der Waals surface area (Å²) in [6.45, 7) is 0.596. The molecule has 3 nitrogen and oxygen atoms in total. The summed E-state index contributed by atoms with van der Waals surface area (Å²) >= 11 is 8.38. The molecule has 0 radical (unpaired) electrons. The third-order valence-corrected chi connectivity index (χ3v) is 3.78. The number of rotatable bonds is 4. The Balaban J connectivity index is 2.13. The van der Waals surface area contributed by atoms with Gasteiger partial charge in [-0.3, -0.25) is 0 Å². The smallest absolute Gasteiger partial charge is 0.136 e. The normalized spacial score (nSPS) is 9.90. The summed E-state index contributed by atoms with van der Waals surface area (Å²) < 4.78 is 6.21. The van der Waals surface area contributed by atoms with Crippen LogP contribution in [0, 0.1) is 14.9 Å². The van der Waals surface area contributed by atoms with Crippen LogP contribution < -0.4 is 10.1 Å². The number of halogens is 2. The Kier molecular flexibility index (Phi) is 5.10. The van der Waals surface area contributed by atoms with Gasteiger partial charge >= 0.3 is 0 Å². The molecular formula is C15H12ClIN2O. The summed E-state index contributed by atoms with van der Waals surface area (Å²) in [7, 11) is 1.56. The lowest BCUT2D eigenvalue weighted by Gasteiger charge is -2.10. The Morgan fingerprint density at radius 3 is 2.75 bits per heavy atom. The van der Waals surface area contributed by atoms with Crippen molar-refractivity contribution in [3.8, 4) is 11.8 Å². The van der Waals surface area contributed by atoms with Crippen LogP contribution in [0.5, 0.6) is 5.75 Å². The van der Waals surface area contributed by atoms with E-state index >= 15 is 0 Å². The van der Waals surface area contributed by atoms with E-state index in [-0.39, 0.29) is 0 Å². The molecule has 0 saturated carbocycles. The molecule has 0 amide bonds. The number of nitrogens with one attached hydrogen (secondary N) is 1. The maximum Gasteiger partial charge on any atom is 0.136 e. The maximum atomic E-state index is 9.06. The highest BCUT2D eigenvalue weighted by atomic mass is 127. The first-order valence-corrected chi connectivity index (χ1v) is 7.35. The summed E-state index contributed by atoms with van der Waals surface area (Å²) in [5, 5.41) is 13.0. The molecule has 0 fully saturated rings. The van der Waals surface area contributed by atoms with Crippen molar-refractivity contribution in [2.24, 2.45) is 0 Å². The number of hydrogen-bond acceptors (Lipinski definition) is 3.